The summed E-state index contributed by atoms with van der Waals surface area (Å²) in [4.78, 5) is 10.7. The SMILES string of the molecule is O=[N+]([O-])c1ccc(Cl)cc1-c1cc(-c2ccccc2)n[nH]1. The Hall–Kier alpha value is -2.66. The topological polar surface area (TPSA) is 71.8 Å². The highest BCUT2D eigenvalue weighted by molar-refractivity contribution is 6.31. The molecular formula is C15H10ClN3O2. The summed E-state index contributed by atoms with van der Waals surface area (Å²) in [5, 5.41) is 18.6. The van der Waals surface area contributed by atoms with Crippen LogP contribution in [-0.4, -0.2) is 15.1 Å². The Labute approximate surface area is 125 Å². The second kappa shape index (κ2) is 5.38. The molecule has 0 radical (unpaired) electrons. The van der Waals surface area contributed by atoms with Crippen LogP contribution in [0, 0.1) is 10.1 Å². The summed E-state index contributed by atoms with van der Waals surface area (Å²) in [5.74, 6) is 0. The zero-order chi connectivity index (χ0) is 14.8. The molecule has 3 aromatic rings. The fourth-order valence-corrected chi connectivity index (χ4v) is 2.27. The Bertz CT molecular complexity index is 800. The van der Waals surface area contributed by atoms with Crippen molar-refractivity contribution < 1.29 is 4.92 Å². The van der Waals surface area contributed by atoms with Crippen LogP contribution in [-0.2, 0) is 0 Å². The number of H-pyrrole nitrogens is 1. The first-order chi connectivity index (χ1) is 10.1. The van der Waals surface area contributed by atoms with Crippen LogP contribution >= 0.6 is 11.6 Å². The van der Waals surface area contributed by atoms with E-state index in [1.807, 2.05) is 30.3 Å². The number of halogens is 1. The minimum Gasteiger partial charge on any atom is -0.277 e. The van der Waals surface area contributed by atoms with Gasteiger partial charge in [0.05, 0.1) is 21.9 Å². The van der Waals surface area contributed by atoms with Gasteiger partial charge in [-0.3, -0.25) is 15.2 Å². The van der Waals surface area contributed by atoms with E-state index in [0.29, 0.717) is 16.3 Å². The van der Waals surface area contributed by atoms with Gasteiger partial charge in [-0.2, -0.15) is 5.10 Å². The first-order valence-electron chi connectivity index (χ1n) is 6.20. The molecule has 3 rings (SSSR count). The van der Waals surface area contributed by atoms with Crippen LogP contribution in [0.5, 0.6) is 0 Å². The maximum atomic E-state index is 11.1. The molecule has 0 atom stereocenters. The van der Waals surface area contributed by atoms with Gasteiger partial charge in [0.1, 0.15) is 0 Å². The van der Waals surface area contributed by atoms with Gasteiger partial charge in [0.25, 0.3) is 5.69 Å². The molecule has 0 saturated heterocycles. The highest BCUT2D eigenvalue weighted by Crippen LogP contribution is 2.32. The first kappa shape index (κ1) is 13.3. The van der Waals surface area contributed by atoms with Gasteiger partial charge in [-0.15, -0.1) is 0 Å². The van der Waals surface area contributed by atoms with Gasteiger partial charge in [-0.1, -0.05) is 41.9 Å². The fraction of sp³-hybridized carbons (Fsp3) is 0. The van der Waals surface area contributed by atoms with Gasteiger partial charge in [0.2, 0.25) is 0 Å². The van der Waals surface area contributed by atoms with Crippen LogP contribution in [0.2, 0.25) is 5.02 Å². The Morgan fingerprint density at radius 2 is 1.86 bits per heavy atom. The van der Waals surface area contributed by atoms with Crippen LogP contribution < -0.4 is 0 Å². The van der Waals surface area contributed by atoms with E-state index < -0.39 is 4.92 Å². The van der Waals surface area contributed by atoms with Gasteiger partial charge in [-0.25, -0.2) is 0 Å². The quantitative estimate of drug-likeness (QED) is 0.578. The average molecular weight is 300 g/mol. The largest absolute Gasteiger partial charge is 0.278 e. The van der Waals surface area contributed by atoms with Gasteiger partial charge in [0.15, 0.2) is 0 Å². The Balaban J connectivity index is 2.08. The van der Waals surface area contributed by atoms with Crippen molar-refractivity contribution in [3.8, 4) is 22.5 Å². The number of benzene rings is 2. The van der Waals surface area contributed by atoms with Gasteiger partial charge < -0.3 is 0 Å². The van der Waals surface area contributed by atoms with Crippen molar-refractivity contribution in [1.82, 2.24) is 10.2 Å². The van der Waals surface area contributed by atoms with Gasteiger partial charge in [-0.05, 0) is 18.2 Å². The van der Waals surface area contributed by atoms with E-state index in [1.165, 1.54) is 12.1 Å². The number of rotatable bonds is 3. The molecule has 0 aliphatic rings. The second-order valence-corrected chi connectivity index (χ2v) is 4.89. The minimum atomic E-state index is -0.436. The molecule has 0 amide bonds. The van der Waals surface area contributed by atoms with E-state index in [9.17, 15) is 10.1 Å². The summed E-state index contributed by atoms with van der Waals surface area (Å²) in [7, 11) is 0. The van der Waals surface area contributed by atoms with E-state index in [-0.39, 0.29) is 5.69 Å². The molecule has 5 nitrogen and oxygen atoms in total. The van der Waals surface area contributed by atoms with E-state index in [2.05, 4.69) is 10.2 Å². The molecule has 1 N–H and O–H groups in total. The summed E-state index contributed by atoms with van der Waals surface area (Å²) in [6.07, 6.45) is 0. The molecule has 6 heteroatoms. The number of nitrogens with zero attached hydrogens (tertiary/aromatic N) is 2. The van der Waals surface area contributed by atoms with Crippen molar-refractivity contribution in [2.24, 2.45) is 0 Å². The maximum Gasteiger partial charge on any atom is 0.278 e. The standard InChI is InChI=1S/C15H10ClN3O2/c16-11-6-7-15(19(20)21)12(8-11)14-9-13(17-18-14)10-4-2-1-3-5-10/h1-9H,(H,17,18). The van der Waals surface area contributed by atoms with Crippen molar-refractivity contribution in [2.45, 2.75) is 0 Å². The molecule has 0 unspecified atom stereocenters. The number of nitrogens with one attached hydrogen (secondary N) is 1. The molecule has 21 heavy (non-hydrogen) atoms. The maximum absolute atomic E-state index is 11.1. The number of hydrogen-bond acceptors (Lipinski definition) is 3. The molecular weight excluding hydrogens is 290 g/mol. The minimum absolute atomic E-state index is 0.0114. The lowest BCUT2D eigenvalue weighted by atomic mass is 10.1. The summed E-state index contributed by atoms with van der Waals surface area (Å²) in [6.45, 7) is 0. The van der Waals surface area contributed by atoms with Crippen molar-refractivity contribution in [1.29, 1.82) is 0 Å². The first-order valence-corrected chi connectivity index (χ1v) is 6.58. The predicted octanol–water partition coefficient (Wildman–Crippen LogP) is 4.31. The van der Waals surface area contributed by atoms with Gasteiger partial charge >= 0.3 is 0 Å². The van der Waals surface area contributed by atoms with Crippen LogP contribution in [0.3, 0.4) is 0 Å². The van der Waals surface area contributed by atoms with E-state index in [0.717, 1.165) is 11.3 Å². The van der Waals surface area contributed by atoms with E-state index >= 15 is 0 Å². The molecule has 0 fully saturated rings. The predicted molar refractivity (Wildman–Crippen MR) is 81.1 cm³/mol. The van der Waals surface area contributed by atoms with E-state index in [1.54, 1.807) is 12.1 Å². The fourth-order valence-electron chi connectivity index (χ4n) is 2.10. The zero-order valence-corrected chi connectivity index (χ0v) is 11.5. The molecule has 0 bridgehead atoms. The number of aromatic amines is 1. The second-order valence-electron chi connectivity index (χ2n) is 4.45. The Morgan fingerprint density at radius 1 is 1.10 bits per heavy atom. The lowest BCUT2D eigenvalue weighted by molar-refractivity contribution is -0.384. The van der Waals surface area contributed by atoms with Crippen LogP contribution in [0.1, 0.15) is 0 Å². The van der Waals surface area contributed by atoms with E-state index in [4.69, 9.17) is 11.6 Å². The monoisotopic (exact) mass is 299 g/mol. The molecule has 0 aliphatic carbocycles. The van der Waals surface area contributed by atoms with Crippen LogP contribution in [0.4, 0.5) is 5.69 Å². The smallest absolute Gasteiger partial charge is 0.277 e. The third-order valence-corrected chi connectivity index (χ3v) is 3.33. The molecule has 1 aromatic heterocycles. The van der Waals surface area contributed by atoms with Crippen LogP contribution in [0.25, 0.3) is 22.5 Å². The third-order valence-electron chi connectivity index (χ3n) is 3.09. The summed E-state index contributed by atoms with van der Waals surface area (Å²) < 4.78 is 0. The summed E-state index contributed by atoms with van der Waals surface area (Å²) in [5.41, 5.74) is 2.62. The molecule has 1 heterocycles. The van der Waals surface area contributed by atoms with Crippen molar-refractivity contribution in [3.63, 3.8) is 0 Å². The average Bonchev–Trinajstić information content (AvgIpc) is 2.97. The molecule has 2 aromatic carbocycles. The summed E-state index contributed by atoms with van der Waals surface area (Å²) in [6, 6.07) is 15.8. The Morgan fingerprint density at radius 3 is 2.57 bits per heavy atom. The van der Waals surface area contributed by atoms with Crippen molar-refractivity contribution in [3.05, 3.63) is 69.7 Å². The van der Waals surface area contributed by atoms with Crippen molar-refractivity contribution in [2.75, 3.05) is 0 Å². The number of nitro groups is 1. The molecule has 0 spiro atoms. The lowest BCUT2D eigenvalue weighted by Crippen LogP contribution is -1.92. The number of aromatic nitrogens is 2. The van der Waals surface area contributed by atoms with Crippen molar-refractivity contribution >= 4 is 17.3 Å². The molecule has 0 saturated carbocycles. The highest BCUT2D eigenvalue weighted by atomic mass is 35.5. The number of nitro benzene ring substituents is 1. The normalized spacial score (nSPS) is 10.5. The molecule has 104 valence electrons. The lowest BCUT2D eigenvalue weighted by Gasteiger charge is -2.00. The summed E-state index contributed by atoms with van der Waals surface area (Å²) >= 11 is 5.94. The van der Waals surface area contributed by atoms with Crippen LogP contribution in [0.15, 0.2) is 54.6 Å². The third kappa shape index (κ3) is 2.64. The highest BCUT2D eigenvalue weighted by Gasteiger charge is 2.17. The molecule has 0 aliphatic heterocycles. The number of hydrogen-bond donors (Lipinski definition) is 1. The Kier molecular flexibility index (Phi) is 3.41. The zero-order valence-electron chi connectivity index (χ0n) is 10.8. The van der Waals surface area contributed by atoms with Gasteiger partial charge in [0, 0.05) is 16.7 Å².